The Bertz CT molecular complexity index is 949. The molecule has 0 saturated heterocycles. The van der Waals surface area contributed by atoms with Gasteiger partial charge in [-0.2, -0.15) is 0 Å². The summed E-state index contributed by atoms with van der Waals surface area (Å²) in [6.45, 7) is 2.68. The molecule has 0 bridgehead atoms. The highest BCUT2D eigenvalue weighted by molar-refractivity contribution is 6.06. The maximum Gasteiger partial charge on any atom is 0.292 e. The summed E-state index contributed by atoms with van der Waals surface area (Å²) in [5.41, 5.74) is 2.42. The first-order chi connectivity index (χ1) is 12.6. The molecule has 0 saturated carbocycles. The number of amides is 2. The summed E-state index contributed by atoms with van der Waals surface area (Å²) in [5, 5.41) is 5.58. The quantitative estimate of drug-likeness (QED) is 0.667. The van der Waals surface area contributed by atoms with Crippen LogP contribution in [0.1, 0.15) is 26.7 Å². The minimum absolute atomic E-state index is 0.153. The van der Waals surface area contributed by atoms with Crippen LogP contribution in [0.2, 0.25) is 0 Å². The number of nitrogens with one attached hydrogen (secondary N) is 2. The van der Waals surface area contributed by atoms with Crippen molar-refractivity contribution in [2.45, 2.75) is 6.92 Å². The monoisotopic (exact) mass is 352 g/mol. The van der Waals surface area contributed by atoms with E-state index in [1.54, 1.807) is 35.9 Å². The summed E-state index contributed by atoms with van der Waals surface area (Å²) in [7, 11) is 1.56. The van der Waals surface area contributed by atoms with E-state index in [0.29, 0.717) is 24.4 Å². The van der Waals surface area contributed by atoms with Crippen LogP contribution >= 0.6 is 0 Å². The van der Waals surface area contributed by atoms with Gasteiger partial charge in [0.15, 0.2) is 5.69 Å². The molecule has 2 aromatic heterocycles. The van der Waals surface area contributed by atoms with Crippen molar-refractivity contribution in [1.29, 1.82) is 0 Å². The minimum Gasteiger partial charge on any atom is -0.383 e. The SMILES string of the molecule is COCCNC(=O)c1nc(C(=O)Nc2ccccc2C)n2ccccc12. The fraction of sp³-hybridized carbons (Fsp3) is 0.211. The third-order valence-electron chi connectivity index (χ3n) is 3.95. The first kappa shape index (κ1) is 17.6. The van der Waals surface area contributed by atoms with Crippen LogP contribution in [0.5, 0.6) is 0 Å². The zero-order valence-electron chi connectivity index (χ0n) is 14.7. The lowest BCUT2D eigenvalue weighted by Gasteiger charge is -2.07. The Morgan fingerprint density at radius 3 is 2.65 bits per heavy atom. The summed E-state index contributed by atoms with van der Waals surface area (Å²) in [4.78, 5) is 29.4. The van der Waals surface area contributed by atoms with E-state index in [4.69, 9.17) is 4.74 Å². The Kier molecular flexibility index (Phi) is 5.28. The maximum atomic E-state index is 12.7. The molecule has 2 heterocycles. The summed E-state index contributed by atoms with van der Waals surface area (Å²) in [6.07, 6.45) is 1.71. The number of carbonyl (C=O) groups excluding carboxylic acids is 2. The van der Waals surface area contributed by atoms with Gasteiger partial charge in [0.05, 0.1) is 12.1 Å². The Balaban J connectivity index is 1.92. The molecule has 0 aliphatic rings. The molecule has 0 aliphatic heterocycles. The van der Waals surface area contributed by atoms with E-state index >= 15 is 0 Å². The van der Waals surface area contributed by atoms with Crippen LogP contribution in [0.4, 0.5) is 5.69 Å². The molecule has 0 aliphatic carbocycles. The molecule has 0 radical (unpaired) electrons. The summed E-state index contributed by atoms with van der Waals surface area (Å²) in [6, 6.07) is 12.8. The predicted molar refractivity (Wildman–Crippen MR) is 98.5 cm³/mol. The number of hydrogen-bond donors (Lipinski definition) is 2. The number of anilines is 1. The van der Waals surface area contributed by atoms with Gasteiger partial charge in [-0.1, -0.05) is 24.3 Å². The standard InChI is InChI=1S/C19H20N4O3/c1-13-7-3-4-8-14(13)21-19(25)17-22-16(18(24)20-10-12-26-2)15-9-5-6-11-23(15)17/h3-9,11H,10,12H2,1-2H3,(H,20,24)(H,21,25). The third-order valence-corrected chi connectivity index (χ3v) is 3.95. The van der Waals surface area contributed by atoms with Crippen LogP contribution in [-0.4, -0.2) is 41.5 Å². The van der Waals surface area contributed by atoms with Crippen LogP contribution in [0.25, 0.3) is 5.52 Å². The highest BCUT2D eigenvalue weighted by Crippen LogP contribution is 2.17. The Morgan fingerprint density at radius 2 is 1.88 bits per heavy atom. The van der Waals surface area contributed by atoms with Crippen molar-refractivity contribution in [3.63, 3.8) is 0 Å². The first-order valence-corrected chi connectivity index (χ1v) is 8.23. The van der Waals surface area contributed by atoms with Gasteiger partial charge in [0.25, 0.3) is 11.8 Å². The molecule has 2 N–H and O–H groups in total. The normalized spacial score (nSPS) is 10.7. The van der Waals surface area contributed by atoms with Crippen LogP contribution in [0.15, 0.2) is 48.7 Å². The number of pyridine rings is 1. The van der Waals surface area contributed by atoms with Gasteiger partial charge in [-0.25, -0.2) is 4.98 Å². The van der Waals surface area contributed by atoms with E-state index in [-0.39, 0.29) is 23.3 Å². The molecule has 7 nitrogen and oxygen atoms in total. The number of ether oxygens (including phenoxy) is 1. The molecule has 0 fully saturated rings. The molecule has 2 amide bonds. The van der Waals surface area contributed by atoms with Crippen molar-refractivity contribution < 1.29 is 14.3 Å². The predicted octanol–water partition coefficient (Wildman–Crippen LogP) is 2.27. The number of rotatable bonds is 6. The number of carbonyl (C=O) groups is 2. The van der Waals surface area contributed by atoms with E-state index in [0.717, 1.165) is 5.56 Å². The van der Waals surface area contributed by atoms with Crippen molar-refractivity contribution in [2.75, 3.05) is 25.6 Å². The second-order valence-corrected chi connectivity index (χ2v) is 5.76. The number of aryl methyl sites for hydroxylation is 1. The minimum atomic E-state index is -0.378. The van der Waals surface area contributed by atoms with Crippen LogP contribution in [0.3, 0.4) is 0 Å². The average molecular weight is 352 g/mol. The zero-order valence-corrected chi connectivity index (χ0v) is 14.7. The van der Waals surface area contributed by atoms with Gasteiger partial charge in [0.2, 0.25) is 5.82 Å². The van der Waals surface area contributed by atoms with Gasteiger partial charge in [-0.15, -0.1) is 0 Å². The number of imidazole rings is 1. The van der Waals surface area contributed by atoms with Gasteiger partial charge >= 0.3 is 0 Å². The number of hydrogen-bond acceptors (Lipinski definition) is 4. The molecule has 134 valence electrons. The number of benzene rings is 1. The maximum absolute atomic E-state index is 12.7. The molecular formula is C19H20N4O3. The topological polar surface area (TPSA) is 84.7 Å². The van der Waals surface area contributed by atoms with E-state index in [9.17, 15) is 9.59 Å². The zero-order chi connectivity index (χ0) is 18.5. The molecule has 26 heavy (non-hydrogen) atoms. The Labute approximate surface area is 151 Å². The number of aromatic nitrogens is 2. The highest BCUT2D eigenvalue weighted by Gasteiger charge is 2.21. The van der Waals surface area contributed by atoms with E-state index in [2.05, 4.69) is 15.6 Å². The fourth-order valence-corrected chi connectivity index (χ4v) is 2.61. The van der Waals surface area contributed by atoms with E-state index < -0.39 is 0 Å². The Morgan fingerprint density at radius 1 is 1.12 bits per heavy atom. The first-order valence-electron chi connectivity index (χ1n) is 8.23. The molecule has 0 atom stereocenters. The average Bonchev–Trinajstić information content (AvgIpc) is 3.04. The van der Waals surface area contributed by atoms with Gasteiger partial charge in [-0.3, -0.25) is 14.0 Å². The van der Waals surface area contributed by atoms with E-state index in [1.165, 1.54) is 0 Å². The highest BCUT2D eigenvalue weighted by atomic mass is 16.5. The van der Waals surface area contributed by atoms with Crippen molar-refractivity contribution >= 4 is 23.0 Å². The molecule has 0 unspecified atom stereocenters. The Hall–Kier alpha value is -3.19. The second kappa shape index (κ2) is 7.79. The molecule has 1 aromatic carbocycles. The van der Waals surface area contributed by atoms with Crippen molar-refractivity contribution in [3.05, 3.63) is 65.7 Å². The number of nitrogens with zero attached hydrogens (tertiary/aromatic N) is 2. The molecule has 7 heteroatoms. The smallest absolute Gasteiger partial charge is 0.292 e. The summed E-state index contributed by atoms with van der Waals surface area (Å²) in [5.74, 6) is -0.571. The van der Waals surface area contributed by atoms with Gasteiger partial charge in [-0.05, 0) is 30.7 Å². The van der Waals surface area contributed by atoms with Crippen LogP contribution < -0.4 is 10.6 Å². The van der Waals surface area contributed by atoms with Crippen molar-refractivity contribution in [1.82, 2.24) is 14.7 Å². The lowest BCUT2D eigenvalue weighted by molar-refractivity contribution is 0.0934. The van der Waals surface area contributed by atoms with Crippen molar-refractivity contribution in [3.8, 4) is 0 Å². The lowest BCUT2D eigenvalue weighted by atomic mass is 10.2. The van der Waals surface area contributed by atoms with Gasteiger partial charge in [0, 0.05) is 25.5 Å². The van der Waals surface area contributed by atoms with E-state index in [1.807, 2.05) is 31.2 Å². The number of methoxy groups -OCH3 is 1. The largest absolute Gasteiger partial charge is 0.383 e. The molecular weight excluding hydrogens is 332 g/mol. The third kappa shape index (κ3) is 3.57. The second-order valence-electron chi connectivity index (χ2n) is 5.76. The summed E-state index contributed by atoms with van der Waals surface area (Å²) >= 11 is 0. The number of fused-ring (bicyclic) bond motifs is 1. The molecule has 0 spiro atoms. The number of para-hydroxylation sites is 1. The lowest BCUT2D eigenvalue weighted by Crippen LogP contribution is -2.27. The van der Waals surface area contributed by atoms with Gasteiger partial charge in [0.1, 0.15) is 0 Å². The molecule has 3 rings (SSSR count). The van der Waals surface area contributed by atoms with Crippen LogP contribution in [-0.2, 0) is 4.74 Å². The van der Waals surface area contributed by atoms with Crippen LogP contribution in [0, 0.1) is 6.92 Å². The van der Waals surface area contributed by atoms with Gasteiger partial charge < -0.3 is 15.4 Å². The fourth-order valence-electron chi connectivity index (χ4n) is 2.61. The molecule has 3 aromatic rings. The summed E-state index contributed by atoms with van der Waals surface area (Å²) < 4.78 is 6.54. The van der Waals surface area contributed by atoms with Crippen molar-refractivity contribution in [2.24, 2.45) is 0 Å².